The minimum Gasteiger partial charge on any atom is -0.364 e. The molecule has 2 heterocycles. The maximum Gasteiger partial charge on any atom is 0.321 e. The van der Waals surface area contributed by atoms with Crippen molar-refractivity contribution < 1.29 is 9.32 Å². The van der Waals surface area contributed by atoms with Crippen LogP contribution in [0, 0.1) is 0 Å². The number of aromatic nitrogens is 4. The Morgan fingerprint density at radius 1 is 1.56 bits per heavy atom. The smallest absolute Gasteiger partial charge is 0.321 e. The summed E-state index contributed by atoms with van der Waals surface area (Å²) in [4.78, 5) is 15.7. The summed E-state index contributed by atoms with van der Waals surface area (Å²) in [6.07, 6.45) is 2.20. The number of rotatable bonds is 4. The fraction of sp³-hybridized carbons (Fsp3) is 0.400. The van der Waals surface area contributed by atoms with Gasteiger partial charge in [0.25, 0.3) is 0 Å². The highest BCUT2D eigenvalue weighted by Gasteiger charge is 2.09. The van der Waals surface area contributed by atoms with Gasteiger partial charge >= 0.3 is 6.03 Å². The molecule has 2 aromatic heterocycles. The van der Waals surface area contributed by atoms with E-state index in [2.05, 4.69) is 30.4 Å². The lowest BCUT2D eigenvalue weighted by Crippen LogP contribution is -2.28. The molecule has 8 nitrogen and oxygen atoms in total. The monoisotopic (exact) mass is 250 g/mol. The van der Waals surface area contributed by atoms with Crippen molar-refractivity contribution in [3.63, 3.8) is 0 Å². The van der Waals surface area contributed by atoms with Gasteiger partial charge in [-0.3, -0.25) is 10.00 Å². The highest BCUT2D eigenvalue weighted by atomic mass is 16.5. The minimum absolute atomic E-state index is 0.284. The summed E-state index contributed by atoms with van der Waals surface area (Å²) in [5.74, 6) is 1.09. The van der Waals surface area contributed by atoms with E-state index >= 15 is 0 Å². The number of hydrogen-bond acceptors (Lipinski definition) is 5. The Bertz CT molecular complexity index is 518. The fourth-order valence-corrected chi connectivity index (χ4v) is 1.42. The quantitative estimate of drug-likeness (QED) is 0.831. The first-order valence-corrected chi connectivity index (χ1v) is 5.53. The first-order valence-electron chi connectivity index (χ1n) is 5.53. The molecule has 0 atom stereocenters. The molecule has 8 heteroatoms. The molecule has 18 heavy (non-hydrogen) atoms. The van der Waals surface area contributed by atoms with E-state index in [1.54, 1.807) is 17.8 Å². The van der Waals surface area contributed by atoms with Gasteiger partial charge in [0, 0.05) is 19.5 Å². The van der Waals surface area contributed by atoms with E-state index in [0.29, 0.717) is 5.69 Å². The van der Waals surface area contributed by atoms with E-state index in [1.165, 1.54) is 6.26 Å². The maximum atomic E-state index is 11.5. The minimum atomic E-state index is -0.383. The molecule has 0 aliphatic heterocycles. The zero-order chi connectivity index (χ0) is 13.0. The van der Waals surface area contributed by atoms with E-state index in [0.717, 1.165) is 12.2 Å². The normalized spacial score (nSPS) is 10.3. The van der Waals surface area contributed by atoms with Crippen LogP contribution in [0.3, 0.4) is 0 Å². The van der Waals surface area contributed by atoms with Crippen molar-refractivity contribution in [1.29, 1.82) is 0 Å². The highest BCUT2D eigenvalue weighted by Crippen LogP contribution is 2.02. The van der Waals surface area contributed by atoms with Gasteiger partial charge in [0.2, 0.25) is 5.95 Å². The lowest BCUT2D eigenvalue weighted by atomic mass is 10.4. The SMILES string of the molecule is CCc1nc(NC(=O)NCc2ccon2)nn1C. The average molecular weight is 250 g/mol. The number of amides is 2. The van der Waals surface area contributed by atoms with E-state index in [9.17, 15) is 4.79 Å². The molecule has 0 aromatic carbocycles. The molecule has 0 fully saturated rings. The summed E-state index contributed by atoms with van der Waals surface area (Å²) in [5, 5.41) is 12.9. The van der Waals surface area contributed by atoms with Crippen LogP contribution in [-0.4, -0.2) is 26.0 Å². The first kappa shape index (κ1) is 12.1. The Balaban J connectivity index is 1.86. The predicted octanol–water partition coefficient (Wildman–Crippen LogP) is 0.687. The topological polar surface area (TPSA) is 97.9 Å². The molecule has 0 spiro atoms. The van der Waals surface area contributed by atoms with Gasteiger partial charge in [-0.25, -0.2) is 4.79 Å². The summed E-state index contributed by atoms with van der Waals surface area (Å²) >= 11 is 0. The third kappa shape index (κ3) is 2.84. The standard InChI is InChI=1S/C10H14N6O2/c1-3-8-12-9(14-16(8)2)13-10(17)11-6-7-4-5-18-15-7/h4-5H,3,6H2,1-2H3,(H2,11,13,14,17). The summed E-state index contributed by atoms with van der Waals surface area (Å²) in [7, 11) is 1.78. The number of aryl methyl sites for hydroxylation is 2. The second-order valence-corrected chi connectivity index (χ2v) is 3.63. The van der Waals surface area contributed by atoms with Gasteiger partial charge in [0.05, 0.1) is 6.54 Å². The highest BCUT2D eigenvalue weighted by molar-refractivity contribution is 5.87. The van der Waals surface area contributed by atoms with Gasteiger partial charge in [0.1, 0.15) is 17.8 Å². The zero-order valence-electron chi connectivity index (χ0n) is 10.2. The fourth-order valence-electron chi connectivity index (χ4n) is 1.42. The van der Waals surface area contributed by atoms with E-state index in [-0.39, 0.29) is 18.5 Å². The molecule has 2 amide bonds. The van der Waals surface area contributed by atoms with Crippen LogP contribution in [0.5, 0.6) is 0 Å². The molecule has 0 aliphatic carbocycles. The second-order valence-electron chi connectivity index (χ2n) is 3.63. The molecular formula is C10H14N6O2. The molecule has 0 unspecified atom stereocenters. The molecule has 0 radical (unpaired) electrons. The van der Waals surface area contributed by atoms with Crippen LogP contribution in [-0.2, 0) is 20.0 Å². The molecule has 2 aromatic rings. The van der Waals surface area contributed by atoms with Gasteiger partial charge in [-0.15, -0.1) is 5.10 Å². The van der Waals surface area contributed by atoms with Gasteiger partial charge < -0.3 is 9.84 Å². The number of nitrogens with one attached hydrogen (secondary N) is 2. The van der Waals surface area contributed by atoms with Crippen molar-refractivity contribution in [2.24, 2.45) is 7.05 Å². The summed E-state index contributed by atoms with van der Waals surface area (Å²) in [6.45, 7) is 2.26. The number of urea groups is 1. The molecule has 0 saturated heterocycles. The Labute approximate surface area is 103 Å². The third-order valence-electron chi connectivity index (χ3n) is 2.32. The lowest BCUT2D eigenvalue weighted by molar-refractivity contribution is 0.251. The summed E-state index contributed by atoms with van der Waals surface area (Å²) in [6, 6.07) is 1.29. The molecular weight excluding hydrogens is 236 g/mol. The van der Waals surface area contributed by atoms with Crippen molar-refractivity contribution >= 4 is 12.0 Å². The van der Waals surface area contributed by atoms with Crippen LogP contribution in [0.25, 0.3) is 0 Å². The van der Waals surface area contributed by atoms with Crippen LogP contribution >= 0.6 is 0 Å². The van der Waals surface area contributed by atoms with E-state index < -0.39 is 0 Å². The lowest BCUT2D eigenvalue weighted by Gasteiger charge is -2.01. The molecule has 2 N–H and O–H groups in total. The zero-order valence-corrected chi connectivity index (χ0v) is 10.2. The Kier molecular flexibility index (Phi) is 3.56. The third-order valence-corrected chi connectivity index (χ3v) is 2.32. The molecule has 2 rings (SSSR count). The van der Waals surface area contributed by atoms with Crippen molar-refractivity contribution in [1.82, 2.24) is 25.2 Å². The van der Waals surface area contributed by atoms with Crippen LogP contribution < -0.4 is 10.6 Å². The van der Waals surface area contributed by atoms with Crippen LogP contribution in [0.15, 0.2) is 16.9 Å². The molecule has 0 saturated carbocycles. The number of anilines is 1. The number of carbonyl (C=O) groups excluding carboxylic acids is 1. The van der Waals surface area contributed by atoms with Crippen molar-refractivity contribution in [2.75, 3.05) is 5.32 Å². The van der Waals surface area contributed by atoms with E-state index in [4.69, 9.17) is 0 Å². The van der Waals surface area contributed by atoms with Crippen LogP contribution in [0.1, 0.15) is 18.4 Å². The largest absolute Gasteiger partial charge is 0.364 e. The van der Waals surface area contributed by atoms with Gasteiger partial charge in [-0.1, -0.05) is 12.1 Å². The Morgan fingerprint density at radius 2 is 2.39 bits per heavy atom. The molecule has 96 valence electrons. The van der Waals surface area contributed by atoms with Gasteiger partial charge in [-0.05, 0) is 0 Å². The second kappa shape index (κ2) is 5.30. The van der Waals surface area contributed by atoms with Crippen molar-refractivity contribution in [3.8, 4) is 0 Å². The van der Waals surface area contributed by atoms with Gasteiger partial charge in [0.15, 0.2) is 0 Å². The van der Waals surface area contributed by atoms with E-state index in [1.807, 2.05) is 6.92 Å². The summed E-state index contributed by atoms with van der Waals surface area (Å²) in [5.41, 5.74) is 0.647. The maximum absolute atomic E-state index is 11.5. The van der Waals surface area contributed by atoms with Crippen LogP contribution in [0.4, 0.5) is 10.7 Å². The average Bonchev–Trinajstić information content (AvgIpc) is 2.96. The van der Waals surface area contributed by atoms with Crippen LogP contribution in [0.2, 0.25) is 0 Å². The predicted molar refractivity (Wildman–Crippen MR) is 62.7 cm³/mol. The first-order chi connectivity index (χ1) is 8.69. The number of hydrogen-bond donors (Lipinski definition) is 2. The number of carbonyl (C=O) groups is 1. The van der Waals surface area contributed by atoms with Crippen molar-refractivity contribution in [3.05, 3.63) is 23.8 Å². The molecule has 0 aliphatic rings. The molecule has 0 bridgehead atoms. The summed E-state index contributed by atoms with van der Waals surface area (Å²) < 4.78 is 6.28. The number of nitrogens with zero attached hydrogens (tertiary/aromatic N) is 4. The Morgan fingerprint density at radius 3 is 3.00 bits per heavy atom. The van der Waals surface area contributed by atoms with Gasteiger partial charge in [-0.2, -0.15) is 4.98 Å². The van der Waals surface area contributed by atoms with Crippen molar-refractivity contribution in [2.45, 2.75) is 19.9 Å². The Hall–Kier alpha value is -2.38.